The molecule has 0 saturated carbocycles. The molecule has 0 aliphatic carbocycles. The van der Waals surface area contributed by atoms with Crippen LogP contribution in [0.5, 0.6) is 0 Å². The van der Waals surface area contributed by atoms with Crippen LogP contribution in [0.25, 0.3) is 11.0 Å². The van der Waals surface area contributed by atoms with Crippen molar-refractivity contribution in [2.24, 2.45) is 5.92 Å². The predicted octanol–water partition coefficient (Wildman–Crippen LogP) is 2.71. The highest BCUT2D eigenvalue weighted by molar-refractivity contribution is 6.31. The highest BCUT2D eigenvalue weighted by Gasteiger charge is 2.20. The Balaban J connectivity index is 1.82. The van der Waals surface area contributed by atoms with Crippen molar-refractivity contribution < 1.29 is 0 Å². The molecule has 5 heteroatoms. The maximum Gasteiger partial charge on any atom is 0.326 e. The number of rotatable bonds is 3. The highest BCUT2D eigenvalue weighted by atomic mass is 35.5. The second kappa shape index (κ2) is 5.62. The minimum Gasteiger partial charge on any atom is -0.306 e. The van der Waals surface area contributed by atoms with Crippen molar-refractivity contribution in [3.05, 3.63) is 33.7 Å². The summed E-state index contributed by atoms with van der Waals surface area (Å²) in [6.45, 7) is 6.39. The van der Waals surface area contributed by atoms with Crippen molar-refractivity contribution in [1.82, 2.24) is 14.5 Å². The normalized spacial score (nSPS) is 17.9. The average molecular weight is 294 g/mol. The van der Waals surface area contributed by atoms with Crippen LogP contribution in [0.2, 0.25) is 5.02 Å². The summed E-state index contributed by atoms with van der Waals surface area (Å²) in [5, 5.41) is 0.672. The molecule has 0 unspecified atom stereocenters. The zero-order valence-electron chi connectivity index (χ0n) is 11.7. The number of nitrogens with one attached hydrogen (secondary N) is 1. The molecule has 0 radical (unpaired) electrons. The van der Waals surface area contributed by atoms with Crippen LogP contribution >= 0.6 is 11.6 Å². The van der Waals surface area contributed by atoms with Crippen molar-refractivity contribution in [3.63, 3.8) is 0 Å². The molecule has 20 heavy (non-hydrogen) atoms. The average Bonchev–Trinajstić information content (AvgIpc) is 2.76. The van der Waals surface area contributed by atoms with E-state index in [1.54, 1.807) is 0 Å². The molecule has 4 nitrogen and oxygen atoms in total. The molecule has 0 bridgehead atoms. The number of H-pyrrole nitrogens is 1. The molecule has 1 fully saturated rings. The number of aromatic amines is 1. The van der Waals surface area contributed by atoms with E-state index in [0.29, 0.717) is 10.9 Å². The third-order valence-electron chi connectivity index (χ3n) is 4.33. The van der Waals surface area contributed by atoms with Gasteiger partial charge in [-0.05, 0) is 56.6 Å². The minimum atomic E-state index is -0.0276. The molecule has 1 aliphatic rings. The predicted molar refractivity (Wildman–Crippen MR) is 82.4 cm³/mol. The molecular formula is C15H20ClN3O. The van der Waals surface area contributed by atoms with E-state index in [1.165, 1.54) is 0 Å². The van der Waals surface area contributed by atoms with Gasteiger partial charge in [-0.15, -0.1) is 0 Å². The highest BCUT2D eigenvalue weighted by Crippen LogP contribution is 2.22. The van der Waals surface area contributed by atoms with E-state index in [9.17, 15) is 4.79 Å². The van der Waals surface area contributed by atoms with E-state index in [1.807, 2.05) is 22.8 Å². The first-order valence-corrected chi connectivity index (χ1v) is 7.65. The fourth-order valence-electron chi connectivity index (χ4n) is 3.05. The Morgan fingerprint density at radius 3 is 2.80 bits per heavy atom. The molecule has 108 valence electrons. The monoisotopic (exact) mass is 293 g/mol. The van der Waals surface area contributed by atoms with Crippen molar-refractivity contribution in [1.29, 1.82) is 0 Å². The third kappa shape index (κ3) is 2.63. The van der Waals surface area contributed by atoms with Crippen LogP contribution in [-0.4, -0.2) is 34.1 Å². The molecule has 0 spiro atoms. The van der Waals surface area contributed by atoms with Crippen LogP contribution in [0.1, 0.15) is 19.8 Å². The lowest BCUT2D eigenvalue weighted by molar-refractivity contribution is 0.181. The third-order valence-corrected chi connectivity index (χ3v) is 4.57. The Morgan fingerprint density at radius 1 is 1.35 bits per heavy atom. The second-order valence-corrected chi connectivity index (χ2v) is 6.02. The maximum atomic E-state index is 12.1. The second-order valence-electron chi connectivity index (χ2n) is 5.58. The lowest BCUT2D eigenvalue weighted by Crippen LogP contribution is -2.35. The van der Waals surface area contributed by atoms with Crippen molar-refractivity contribution in [2.45, 2.75) is 26.3 Å². The van der Waals surface area contributed by atoms with Gasteiger partial charge in [0.15, 0.2) is 0 Å². The van der Waals surface area contributed by atoms with Crippen molar-refractivity contribution in [2.75, 3.05) is 19.6 Å². The van der Waals surface area contributed by atoms with Crippen LogP contribution in [0, 0.1) is 5.92 Å². The number of aromatic nitrogens is 2. The van der Waals surface area contributed by atoms with Gasteiger partial charge in [0.05, 0.1) is 11.0 Å². The number of benzene rings is 1. The van der Waals surface area contributed by atoms with Crippen LogP contribution < -0.4 is 5.69 Å². The summed E-state index contributed by atoms with van der Waals surface area (Å²) < 4.78 is 1.84. The van der Waals surface area contributed by atoms with Crippen molar-refractivity contribution >= 4 is 22.6 Å². The van der Waals surface area contributed by atoms with E-state index in [2.05, 4.69) is 16.8 Å². The minimum absolute atomic E-state index is 0.0276. The van der Waals surface area contributed by atoms with Gasteiger partial charge in [0.1, 0.15) is 0 Å². The van der Waals surface area contributed by atoms with Crippen LogP contribution in [0.15, 0.2) is 23.0 Å². The number of likely N-dealkylation sites (tertiary alicyclic amines) is 1. The molecule has 1 aromatic carbocycles. The van der Waals surface area contributed by atoms with Gasteiger partial charge in [-0.2, -0.15) is 0 Å². The van der Waals surface area contributed by atoms with E-state index in [-0.39, 0.29) is 5.69 Å². The summed E-state index contributed by atoms with van der Waals surface area (Å²) in [6, 6.07) is 5.55. The first-order valence-electron chi connectivity index (χ1n) is 7.28. The molecule has 0 atom stereocenters. The van der Waals surface area contributed by atoms with Crippen LogP contribution in [0.4, 0.5) is 0 Å². The molecule has 1 aliphatic heterocycles. The Bertz CT molecular complexity index is 653. The number of imidazole rings is 1. The number of hydrogen-bond acceptors (Lipinski definition) is 2. The lowest BCUT2D eigenvalue weighted by Gasteiger charge is -2.31. The number of piperidine rings is 1. The molecule has 1 saturated heterocycles. The first kappa shape index (κ1) is 13.7. The number of hydrogen-bond donors (Lipinski definition) is 1. The summed E-state index contributed by atoms with van der Waals surface area (Å²) in [7, 11) is 0. The molecule has 2 heterocycles. The van der Waals surface area contributed by atoms with E-state index < -0.39 is 0 Å². The van der Waals surface area contributed by atoms with Gasteiger partial charge in [-0.1, -0.05) is 18.5 Å². The first-order chi connectivity index (χ1) is 9.67. The summed E-state index contributed by atoms with van der Waals surface area (Å²) in [6.07, 6.45) is 2.32. The fourth-order valence-corrected chi connectivity index (χ4v) is 3.22. The van der Waals surface area contributed by atoms with Gasteiger partial charge in [0, 0.05) is 11.6 Å². The molecule has 1 aromatic heterocycles. The number of halogens is 1. The Labute approximate surface area is 123 Å². The topological polar surface area (TPSA) is 41.0 Å². The van der Waals surface area contributed by atoms with Crippen LogP contribution in [0.3, 0.4) is 0 Å². The van der Waals surface area contributed by atoms with Gasteiger partial charge < -0.3 is 9.88 Å². The SMILES string of the molecule is CCN1CCC(Cn2c(=O)[nH]c3ccc(Cl)cc32)CC1. The molecule has 1 N–H and O–H groups in total. The molecule has 3 rings (SSSR count). The van der Waals surface area contributed by atoms with Gasteiger partial charge in [-0.25, -0.2) is 4.79 Å². The Kier molecular flexibility index (Phi) is 3.85. The molecular weight excluding hydrogens is 274 g/mol. The zero-order valence-corrected chi connectivity index (χ0v) is 12.5. The van der Waals surface area contributed by atoms with Gasteiger partial charge in [0.2, 0.25) is 0 Å². The zero-order chi connectivity index (χ0) is 14.1. The molecule has 2 aromatic rings. The standard InChI is InChI=1S/C15H20ClN3O/c1-2-18-7-5-11(6-8-18)10-19-14-9-12(16)3-4-13(14)17-15(19)20/h3-4,9,11H,2,5-8,10H2,1H3,(H,17,20). The molecule has 0 amide bonds. The summed E-state index contributed by atoms with van der Waals surface area (Å²) in [5.74, 6) is 0.577. The maximum absolute atomic E-state index is 12.1. The van der Waals surface area contributed by atoms with E-state index >= 15 is 0 Å². The smallest absolute Gasteiger partial charge is 0.306 e. The fraction of sp³-hybridized carbons (Fsp3) is 0.533. The summed E-state index contributed by atoms with van der Waals surface area (Å²) >= 11 is 6.04. The summed E-state index contributed by atoms with van der Waals surface area (Å²) in [4.78, 5) is 17.5. The Hall–Kier alpha value is -1.26. The largest absolute Gasteiger partial charge is 0.326 e. The quantitative estimate of drug-likeness (QED) is 0.945. The summed E-state index contributed by atoms with van der Waals surface area (Å²) in [5.41, 5.74) is 1.76. The van der Waals surface area contributed by atoms with E-state index in [4.69, 9.17) is 11.6 Å². The lowest BCUT2D eigenvalue weighted by atomic mass is 9.97. The van der Waals surface area contributed by atoms with Crippen molar-refractivity contribution in [3.8, 4) is 0 Å². The van der Waals surface area contributed by atoms with Gasteiger partial charge in [0.25, 0.3) is 0 Å². The number of nitrogens with zero attached hydrogens (tertiary/aromatic N) is 2. The Morgan fingerprint density at radius 2 is 2.10 bits per heavy atom. The van der Waals surface area contributed by atoms with Gasteiger partial charge in [-0.3, -0.25) is 4.57 Å². The number of fused-ring (bicyclic) bond motifs is 1. The van der Waals surface area contributed by atoms with E-state index in [0.717, 1.165) is 50.1 Å². The van der Waals surface area contributed by atoms with Crippen LogP contribution in [-0.2, 0) is 6.54 Å². The van der Waals surface area contributed by atoms with Gasteiger partial charge >= 0.3 is 5.69 Å².